The van der Waals surface area contributed by atoms with Gasteiger partial charge in [0.25, 0.3) is 0 Å². The van der Waals surface area contributed by atoms with Crippen LogP contribution in [0.2, 0.25) is 0 Å². The average Bonchev–Trinajstić information content (AvgIpc) is 2.55. The van der Waals surface area contributed by atoms with E-state index in [2.05, 4.69) is 5.32 Å². The van der Waals surface area contributed by atoms with Gasteiger partial charge in [-0.3, -0.25) is 4.79 Å². The van der Waals surface area contributed by atoms with Gasteiger partial charge in [0.1, 0.15) is 5.38 Å². The Balaban J connectivity index is 2.19. The maximum absolute atomic E-state index is 11.5. The minimum absolute atomic E-state index is 0.248. The van der Waals surface area contributed by atoms with Crippen molar-refractivity contribution < 1.29 is 9.90 Å². The predicted molar refractivity (Wildman–Crippen MR) is 62.4 cm³/mol. The van der Waals surface area contributed by atoms with Crippen molar-refractivity contribution in [2.45, 2.75) is 30.9 Å². The molecular formula is C12H14ClNO2. The molecule has 1 aromatic carbocycles. The monoisotopic (exact) mass is 239 g/mol. The number of amides is 1. The van der Waals surface area contributed by atoms with E-state index in [4.69, 9.17) is 11.6 Å². The van der Waals surface area contributed by atoms with Gasteiger partial charge in [0, 0.05) is 6.42 Å². The number of carbonyl (C=O) groups excluding carboxylic acids is 1. The first-order valence-corrected chi connectivity index (χ1v) is 5.73. The lowest BCUT2D eigenvalue weighted by Crippen LogP contribution is -2.37. The summed E-state index contributed by atoms with van der Waals surface area (Å²) in [6.07, 6.45) is 0.0226. The lowest BCUT2D eigenvalue weighted by atomic mass is 10.1. The fourth-order valence-corrected chi connectivity index (χ4v) is 2.08. The summed E-state index contributed by atoms with van der Waals surface area (Å²) in [6.45, 7) is 1.62. The third-order valence-electron chi connectivity index (χ3n) is 2.86. The van der Waals surface area contributed by atoms with Gasteiger partial charge in [-0.05, 0) is 18.1 Å². The average molecular weight is 240 g/mol. The molecule has 2 N–H and O–H groups in total. The van der Waals surface area contributed by atoms with E-state index in [1.807, 2.05) is 24.3 Å². The number of rotatable bonds is 2. The Morgan fingerprint density at radius 1 is 1.56 bits per heavy atom. The first-order valence-electron chi connectivity index (χ1n) is 5.30. The predicted octanol–water partition coefficient (Wildman–Crippen LogP) is 1.39. The summed E-state index contributed by atoms with van der Waals surface area (Å²) < 4.78 is 0. The number of aliphatic hydroxyl groups is 1. The molecule has 0 radical (unpaired) electrons. The number of benzene rings is 1. The summed E-state index contributed by atoms with van der Waals surface area (Å²) in [5.41, 5.74) is 2.07. The molecule has 0 aliphatic heterocycles. The van der Waals surface area contributed by atoms with Gasteiger partial charge in [-0.1, -0.05) is 24.3 Å². The molecule has 0 aromatic heterocycles. The van der Waals surface area contributed by atoms with Gasteiger partial charge in [0.2, 0.25) is 5.91 Å². The number of hydrogen-bond donors (Lipinski definition) is 2. The van der Waals surface area contributed by atoms with Crippen molar-refractivity contribution in [3.63, 3.8) is 0 Å². The highest BCUT2D eigenvalue weighted by atomic mass is 35.5. The number of nitrogens with one attached hydrogen (secondary N) is 1. The molecule has 0 saturated carbocycles. The minimum atomic E-state index is -0.583. The summed E-state index contributed by atoms with van der Waals surface area (Å²) in [7, 11) is 0. The van der Waals surface area contributed by atoms with E-state index < -0.39 is 11.5 Å². The van der Waals surface area contributed by atoms with Crippen LogP contribution in [-0.2, 0) is 11.2 Å². The van der Waals surface area contributed by atoms with E-state index in [-0.39, 0.29) is 11.9 Å². The summed E-state index contributed by atoms with van der Waals surface area (Å²) in [6, 6.07) is 7.40. The van der Waals surface area contributed by atoms with Crippen molar-refractivity contribution in [1.29, 1.82) is 0 Å². The van der Waals surface area contributed by atoms with Gasteiger partial charge < -0.3 is 10.4 Å². The number of aliphatic hydroxyl groups excluding tert-OH is 1. The van der Waals surface area contributed by atoms with Gasteiger partial charge in [-0.2, -0.15) is 0 Å². The van der Waals surface area contributed by atoms with Crippen molar-refractivity contribution in [1.82, 2.24) is 5.32 Å². The van der Waals surface area contributed by atoms with Gasteiger partial charge in [-0.25, -0.2) is 0 Å². The van der Waals surface area contributed by atoms with E-state index in [0.717, 1.165) is 11.1 Å². The Morgan fingerprint density at radius 3 is 2.94 bits per heavy atom. The van der Waals surface area contributed by atoms with Crippen molar-refractivity contribution in [2.24, 2.45) is 0 Å². The second-order valence-electron chi connectivity index (χ2n) is 4.07. The molecule has 0 saturated heterocycles. The number of alkyl halides is 1. The molecule has 16 heavy (non-hydrogen) atoms. The molecule has 3 atom stereocenters. The van der Waals surface area contributed by atoms with Crippen LogP contribution < -0.4 is 5.32 Å². The Kier molecular flexibility index (Phi) is 3.17. The minimum Gasteiger partial charge on any atom is -0.390 e. The molecule has 3 nitrogen and oxygen atoms in total. The van der Waals surface area contributed by atoms with Crippen molar-refractivity contribution in [3.8, 4) is 0 Å². The van der Waals surface area contributed by atoms with E-state index in [9.17, 15) is 9.90 Å². The van der Waals surface area contributed by atoms with Gasteiger partial charge >= 0.3 is 0 Å². The molecule has 86 valence electrons. The zero-order chi connectivity index (χ0) is 11.7. The Hall–Kier alpha value is -1.06. The SMILES string of the molecule is CC(Cl)C(=O)N[C@@H]1c2ccccc2C[C@@H]1O. The molecule has 1 aliphatic carbocycles. The van der Waals surface area contributed by atoms with E-state index in [1.165, 1.54) is 0 Å². The van der Waals surface area contributed by atoms with Crippen LogP contribution in [0.3, 0.4) is 0 Å². The van der Waals surface area contributed by atoms with Gasteiger partial charge in [0.15, 0.2) is 0 Å². The highest BCUT2D eigenvalue weighted by Gasteiger charge is 2.32. The highest BCUT2D eigenvalue weighted by Crippen LogP contribution is 2.31. The van der Waals surface area contributed by atoms with E-state index in [1.54, 1.807) is 6.92 Å². The third kappa shape index (κ3) is 2.06. The topological polar surface area (TPSA) is 49.3 Å². The quantitative estimate of drug-likeness (QED) is 0.767. The van der Waals surface area contributed by atoms with E-state index >= 15 is 0 Å². The number of halogens is 1. The van der Waals surface area contributed by atoms with Crippen molar-refractivity contribution in [3.05, 3.63) is 35.4 Å². The molecule has 0 bridgehead atoms. The van der Waals surface area contributed by atoms with E-state index in [0.29, 0.717) is 6.42 Å². The summed E-state index contributed by atoms with van der Waals surface area (Å²) in [5.74, 6) is -0.248. The zero-order valence-corrected chi connectivity index (χ0v) is 9.74. The highest BCUT2D eigenvalue weighted by molar-refractivity contribution is 6.30. The first-order chi connectivity index (χ1) is 7.59. The number of fused-ring (bicyclic) bond motifs is 1. The van der Waals surface area contributed by atoms with Crippen molar-refractivity contribution in [2.75, 3.05) is 0 Å². The molecule has 0 spiro atoms. The largest absolute Gasteiger partial charge is 0.390 e. The van der Waals surface area contributed by atoms with Gasteiger partial charge in [-0.15, -0.1) is 11.6 Å². The lowest BCUT2D eigenvalue weighted by Gasteiger charge is -2.18. The third-order valence-corrected chi connectivity index (χ3v) is 3.06. The van der Waals surface area contributed by atoms with Gasteiger partial charge in [0.05, 0.1) is 12.1 Å². The normalized spacial score (nSPS) is 24.9. The maximum Gasteiger partial charge on any atom is 0.238 e. The summed E-state index contributed by atoms with van der Waals surface area (Å²) in [4.78, 5) is 11.5. The Morgan fingerprint density at radius 2 is 2.25 bits per heavy atom. The molecule has 1 aromatic rings. The maximum atomic E-state index is 11.5. The number of carbonyl (C=O) groups is 1. The molecule has 1 aliphatic rings. The fourth-order valence-electron chi connectivity index (χ4n) is 2.02. The Labute approximate surface area is 99.4 Å². The second-order valence-corrected chi connectivity index (χ2v) is 4.73. The summed E-state index contributed by atoms with van der Waals surface area (Å²) in [5, 5.41) is 12.1. The van der Waals surface area contributed by atoms with Crippen molar-refractivity contribution >= 4 is 17.5 Å². The van der Waals surface area contributed by atoms with Crippen LogP contribution in [0, 0.1) is 0 Å². The van der Waals surface area contributed by atoms with Crippen LogP contribution in [0.5, 0.6) is 0 Å². The molecular weight excluding hydrogens is 226 g/mol. The summed E-state index contributed by atoms with van der Waals surface area (Å²) >= 11 is 5.69. The first kappa shape index (κ1) is 11.4. The number of hydrogen-bond acceptors (Lipinski definition) is 2. The zero-order valence-electron chi connectivity index (χ0n) is 8.98. The Bertz CT molecular complexity index is 406. The van der Waals surface area contributed by atoms with Crippen LogP contribution in [0.4, 0.5) is 0 Å². The second kappa shape index (κ2) is 4.44. The fraction of sp³-hybridized carbons (Fsp3) is 0.417. The molecule has 0 fully saturated rings. The smallest absolute Gasteiger partial charge is 0.238 e. The van der Waals surface area contributed by atoms with Crippen LogP contribution >= 0.6 is 11.6 Å². The molecule has 0 heterocycles. The van der Waals surface area contributed by atoms with Crippen LogP contribution in [0.1, 0.15) is 24.1 Å². The molecule has 1 amide bonds. The standard InChI is InChI=1S/C12H14ClNO2/c1-7(13)12(16)14-11-9-5-3-2-4-8(9)6-10(11)15/h2-5,7,10-11,15H,6H2,1H3,(H,14,16)/t7?,10-,11+/m0/s1. The lowest BCUT2D eigenvalue weighted by molar-refractivity contribution is -0.122. The molecule has 4 heteroatoms. The van der Waals surface area contributed by atoms with Crippen LogP contribution in [-0.4, -0.2) is 22.5 Å². The van der Waals surface area contributed by atoms with Crippen LogP contribution in [0.25, 0.3) is 0 Å². The molecule has 2 rings (SSSR count). The molecule has 1 unspecified atom stereocenters. The van der Waals surface area contributed by atoms with Crippen LogP contribution in [0.15, 0.2) is 24.3 Å².